The number of hydrogen-bond acceptors (Lipinski definition) is 3. The molecule has 1 aliphatic rings. The fraction of sp³-hybridized carbons (Fsp3) is 0.300. The first-order valence-electron chi connectivity index (χ1n) is 4.67. The molecule has 6 heteroatoms. The average molecular weight is 286 g/mol. The second kappa shape index (κ2) is 3.86. The van der Waals surface area contributed by atoms with Gasteiger partial charge in [0, 0.05) is 16.6 Å². The lowest BCUT2D eigenvalue weighted by atomic mass is 10.1. The van der Waals surface area contributed by atoms with Crippen LogP contribution in [0.2, 0.25) is 0 Å². The van der Waals surface area contributed by atoms with Crippen molar-refractivity contribution in [2.24, 2.45) is 5.92 Å². The van der Waals surface area contributed by atoms with Gasteiger partial charge in [-0.15, -0.1) is 0 Å². The van der Waals surface area contributed by atoms with Crippen molar-refractivity contribution in [3.8, 4) is 0 Å². The Morgan fingerprint density at radius 3 is 2.69 bits per heavy atom. The van der Waals surface area contributed by atoms with E-state index in [9.17, 15) is 14.9 Å². The molecule has 1 N–H and O–H groups in total. The third-order valence-corrected chi connectivity index (χ3v) is 3.39. The summed E-state index contributed by atoms with van der Waals surface area (Å²) in [5, 5.41) is 19.3. The van der Waals surface area contributed by atoms with Gasteiger partial charge in [-0.3, -0.25) is 14.9 Å². The maximum atomic E-state index is 10.7. The molecule has 0 spiro atoms. The Balaban J connectivity index is 2.25. The number of non-ortho nitro benzene ring substituents is 1. The maximum Gasteiger partial charge on any atom is 0.307 e. The molecule has 1 saturated carbocycles. The van der Waals surface area contributed by atoms with E-state index in [0.29, 0.717) is 10.9 Å². The summed E-state index contributed by atoms with van der Waals surface area (Å²) < 4.78 is 0.607. The van der Waals surface area contributed by atoms with Crippen molar-refractivity contribution in [3.63, 3.8) is 0 Å². The third-order valence-electron chi connectivity index (χ3n) is 2.70. The highest BCUT2D eigenvalue weighted by Gasteiger charge is 2.45. The molecule has 0 unspecified atom stereocenters. The van der Waals surface area contributed by atoms with Crippen LogP contribution in [-0.4, -0.2) is 16.0 Å². The number of nitro benzene ring substituents is 1. The molecule has 0 heterocycles. The number of carboxylic acids is 1. The monoisotopic (exact) mass is 285 g/mol. The Kier molecular flexibility index (Phi) is 2.67. The normalized spacial score (nSPS) is 22.8. The highest BCUT2D eigenvalue weighted by atomic mass is 79.9. The lowest BCUT2D eigenvalue weighted by Crippen LogP contribution is -1.99. The zero-order valence-electron chi connectivity index (χ0n) is 8.09. The highest BCUT2D eigenvalue weighted by molar-refractivity contribution is 9.10. The molecule has 0 aromatic heterocycles. The molecule has 0 radical (unpaired) electrons. The molecule has 2 rings (SSSR count). The van der Waals surface area contributed by atoms with Gasteiger partial charge < -0.3 is 5.11 Å². The van der Waals surface area contributed by atoms with E-state index < -0.39 is 10.9 Å². The summed E-state index contributed by atoms with van der Waals surface area (Å²) in [4.78, 5) is 20.7. The molecule has 5 nitrogen and oxygen atoms in total. The summed E-state index contributed by atoms with van der Waals surface area (Å²) >= 11 is 3.24. The molecule has 0 amide bonds. The van der Waals surface area contributed by atoms with E-state index in [-0.39, 0.29) is 17.5 Å². The zero-order valence-corrected chi connectivity index (χ0v) is 9.68. The van der Waals surface area contributed by atoms with Crippen LogP contribution in [0.15, 0.2) is 22.7 Å². The summed E-state index contributed by atoms with van der Waals surface area (Å²) in [5.74, 6) is -1.18. The largest absolute Gasteiger partial charge is 0.481 e. The summed E-state index contributed by atoms with van der Waals surface area (Å²) in [6, 6.07) is 4.43. The standard InChI is InChI=1S/C10H8BrNO4/c11-9-3-5(12(15)16)1-2-6(9)7-4-8(7)10(13)14/h1-3,7-8H,4H2,(H,13,14)/t7-,8+/m0/s1. The van der Waals surface area contributed by atoms with Crippen molar-refractivity contribution in [2.75, 3.05) is 0 Å². The molecule has 0 bridgehead atoms. The van der Waals surface area contributed by atoms with Crippen molar-refractivity contribution < 1.29 is 14.8 Å². The van der Waals surface area contributed by atoms with E-state index in [1.807, 2.05) is 0 Å². The fourth-order valence-corrected chi connectivity index (χ4v) is 2.40. The first-order valence-corrected chi connectivity index (χ1v) is 5.46. The lowest BCUT2D eigenvalue weighted by molar-refractivity contribution is -0.384. The zero-order chi connectivity index (χ0) is 11.9. The van der Waals surface area contributed by atoms with Gasteiger partial charge >= 0.3 is 5.97 Å². The van der Waals surface area contributed by atoms with Gasteiger partial charge in [0.05, 0.1) is 10.8 Å². The van der Waals surface area contributed by atoms with Crippen molar-refractivity contribution in [2.45, 2.75) is 12.3 Å². The van der Waals surface area contributed by atoms with Gasteiger partial charge in [0.2, 0.25) is 0 Å². The number of carbonyl (C=O) groups is 1. The minimum Gasteiger partial charge on any atom is -0.481 e. The second-order valence-electron chi connectivity index (χ2n) is 3.75. The van der Waals surface area contributed by atoms with Crippen LogP contribution in [-0.2, 0) is 4.79 Å². The molecular weight excluding hydrogens is 278 g/mol. The van der Waals surface area contributed by atoms with Crippen LogP contribution in [0, 0.1) is 16.0 Å². The molecule has 0 aliphatic heterocycles. The number of nitrogens with zero attached hydrogens (tertiary/aromatic N) is 1. The third kappa shape index (κ3) is 1.92. The molecule has 1 fully saturated rings. The van der Waals surface area contributed by atoms with Crippen LogP contribution in [0.5, 0.6) is 0 Å². The minimum absolute atomic E-state index is 0.00292. The maximum absolute atomic E-state index is 10.7. The van der Waals surface area contributed by atoms with Gasteiger partial charge in [-0.1, -0.05) is 22.0 Å². The topological polar surface area (TPSA) is 80.4 Å². The van der Waals surface area contributed by atoms with Crippen LogP contribution < -0.4 is 0 Å². The van der Waals surface area contributed by atoms with E-state index in [2.05, 4.69) is 15.9 Å². The molecule has 84 valence electrons. The number of hydrogen-bond donors (Lipinski definition) is 1. The predicted molar refractivity (Wildman–Crippen MR) is 59.3 cm³/mol. The van der Waals surface area contributed by atoms with Crippen LogP contribution >= 0.6 is 15.9 Å². The lowest BCUT2D eigenvalue weighted by Gasteiger charge is -2.02. The van der Waals surface area contributed by atoms with Crippen molar-refractivity contribution in [1.82, 2.24) is 0 Å². The van der Waals surface area contributed by atoms with Gasteiger partial charge in [-0.25, -0.2) is 0 Å². The smallest absolute Gasteiger partial charge is 0.307 e. The quantitative estimate of drug-likeness (QED) is 0.684. The molecule has 0 saturated heterocycles. The minimum atomic E-state index is -0.810. The van der Waals surface area contributed by atoms with Crippen LogP contribution in [0.1, 0.15) is 17.9 Å². The number of halogens is 1. The first-order chi connectivity index (χ1) is 7.50. The van der Waals surface area contributed by atoms with Crippen LogP contribution in [0.3, 0.4) is 0 Å². The summed E-state index contributed by atoms with van der Waals surface area (Å²) in [5.41, 5.74) is 0.834. The van der Waals surface area contributed by atoms with Crippen LogP contribution in [0.4, 0.5) is 5.69 Å². The molecular formula is C10H8BrNO4. The molecule has 2 atom stereocenters. The van der Waals surface area contributed by atoms with E-state index in [1.54, 1.807) is 6.07 Å². The van der Waals surface area contributed by atoms with Gasteiger partial charge in [-0.2, -0.15) is 0 Å². The molecule has 1 aromatic rings. The Morgan fingerprint density at radius 2 is 2.25 bits per heavy atom. The van der Waals surface area contributed by atoms with Gasteiger partial charge in [0.15, 0.2) is 0 Å². The predicted octanol–water partition coefficient (Wildman–Crippen LogP) is 2.55. The number of carboxylic acid groups (broad SMARTS) is 1. The molecule has 1 aromatic carbocycles. The van der Waals surface area contributed by atoms with E-state index >= 15 is 0 Å². The average Bonchev–Trinajstić information content (AvgIpc) is 2.97. The SMILES string of the molecule is O=C(O)[C@@H]1C[C@H]1c1ccc([N+](=O)[O-])cc1Br. The van der Waals surface area contributed by atoms with Gasteiger partial charge in [0.1, 0.15) is 0 Å². The Bertz CT molecular complexity index is 474. The van der Waals surface area contributed by atoms with E-state index in [0.717, 1.165) is 5.56 Å². The molecule has 1 aliphatic carbocycles. The first kappa shape index (κ1) is 11.1. The Labute approximate surface area is 99.4 Å². The number of benzene rings is 1. The fourth-order valence-electron chi connectivity index (χ4n) is 1.74. The Hall–Kier alpha value is -1.43. The number of rotatable bonds is 3. The number of nitro groups is 1. The highest BCUT2D eigenvalue weighted by Crippen LogP contribution is 2.50. The van der Waals surface area contributed by atoms with Crippen molar-refractivity contribution >= 4 is 27.6 Å². The van der Waals surface area contributed by atoms with E-state index in [1.165, 1.54) is 12.1 Å². The summed E-state index contributed by atoms with van der Waals surface area (Å²) in [7, 11) is 0. The number of aliphatic carboxylic acids is 1. The Morgan fingerprint density at radius 1 is 1.56 bits per heavy atom. The summed E-state index contributed by atoms with van der Waals surface area (Å²) in [6.45, 7) is 0. The van der Waals surface area contributed by atoms with Crippen molar-refractivity contribution in [1.29, 1.82) is 0 Å². The summed E-state index contributed by atoms with van der Waals surface area (Å²) in [6.07, 6.45) is 0.603. The van der Waals surface area contributed by atoms with Crippen molar-refractivity contribution in [3.05, 3.63) is 38.3 Å². The van der Waals surface area contributed by atoms with Gasteiger partial charge in [-0.05, 0) is 17.9 Å². The van der Waals surface area contributed by atoms with E-state index in [4.69, 9.17) is 5.11 Å². The van der Waals surface area contributed by atoms with Crippen LogP contribution in [0.25, 0.3) is 0 Å². The molecule has 16 heavy (non-hydrogen) atoms. The second-order valence-corrected chi connectivity index (χ2v) is 4.60. The van der Waals surface area contributed by atoms with Gasteiger partial charge in [0.25, 0.3) is 5.69 Å².